The van der Waals surface area contributed by atoms with Crippen LogP contribution in [0.5, 0.6) is 0 Å². The molecule has 0 aliphatic carbocycles. The van der Waals surface area contributed by atoms with E-state index in [-0.39, 0.29) is 5.92 Å². The number of benzene rings is 1. The molecule has 128 valence electrons. The van der Waals surface area contributed by atoms with Crippen LogP contribution >= 0.6 is 0 Å². The number of allylic oxidation sites excluding steroid dienone is 2. The van der Waals surface area contributed by atoms with E-state index < -0.39 is 6.10 Å². The highest BCUT2D eigenvalue weighted by Gasteiger charge is 2.14. The minimum Gasteiger partial charge on any atom is -0.379 e. The third-order valence-electron chi connectivity index (χ3n) is 4.05. The molecule has 0 amide bonds. The summed E-state index contributed by atoms with van der Waals surface area (Å²) < 4.78 is 0. The van der Waals surface area contributed by atoms with Crippen molar-refractivity contribution < 1.29 is 5.11 Å². The van der Waals surface area contributed by atoms with Crippen LogP contribution in [0.4, 0.5) is 0 Å². The first-order valence-electron chi connectivity index (χ1n) is 9.02. The molecule has 0 aromatic heterocycles. The average molecular weight is 322 g/mol. The van der Waals surface area contributed by atoms with Crippen LogP contribution < -0.4 is 0 Å². The molecule has 0 aliphatic rings. The van der Waals surface area contributed by atoms with Crippen molar-refractivity contribution in [3.8, 4) is 23.7 Å². The minimum absolute atomic E-state index is 0.112. The van der Waals surface area contributed by atoms with Crippen LogP contribution in [-0.2, 0) is 0 Å². The summed E-state index contributed by atoms with van der Waals surface area (Å²) in [4.78, 5) is 0. The van der Waals surface area contributed by atoms with E-state index in [4.69, 9.17) is 0 Å². The summed E-state index contributed by atoms with van der Waals surface area (Å²) in [5.41, 5.74) is 2.30. The summed E-state index contributed by atoms with van der Waals surface area (Å²) in [6.07, 6.45) is 7.57. The minimum atomic E-state index is -0.674. The fourth-order valence-electron chi connectivity index (χ4n) is 2.27. The van der Waals surface area contributed by atoms with Crippen LogP contribution in [0.2, 0.25) is 0 Å². The zero-order valence-corrected chi connectivity index (χ0v) is 15.3. The van der Waals surface area contributed by atoms with Gasteiger partial charge >= 0.3 is 0 Å². The summed E-state index contributed by atoms with van der Waals surface area (Å²) in [6.45, 7) is 6.34. The number of hydrogen-bond acceptors (Lipinski definition) is 1. The molecule has 1 N–H and O–H groups in total. The maximum absolute atomic E-state index is 10.4. The summed E-state index contributed by atoms with van der Waals surface area (Å²) in [7, 11) is 0. The summed E-state index contributed by atoms with van der Waals surface area (Å²) in [6, 6.07) is 9.92. The van der Waals surface area contributed by atoms with Gasteiger partial charge in [-0.3, -0.25) is 0 Å². The number of rotatable bonds is 7. The molecule has 0 spiro atoms. The SMILES string of the molecule is C/C=C(\C)CCC(C#Cc1ccccc1)C(O)C#CCCCCC. The molecule has 24 heavy (non-hydrogen) atoms. The Balaban J connectivity index is 2.75. The second kappa shape index (κ2) is 12.5. The summed E-state index contributed by atoms with van der Waals surface area (Å²) in [5.74, 6) is 12.4. The molecule has 0 fully saturated rings. The van der Waals surface area contributed by atoms with Crippen molar-refractivity contribution in [2.75, 3.05) is 0 Å². The zero-order valence-electron chi connectivity index (χ0n) is 15.3. The van der Waals surface area contributed by atoms with Gasteiger partial charge in [0.25, 0.3) is 0 Å². The second-order valence-electron chi connectivity index (χ2n) is 6.14. The largest absolute Gasteiger partial charge is 0.379 e. The molecule has 2 atom stereocenters. The van der Waals surface area contributed by atoms with Crippen molar-refractivity contribution in [3.05, 3.63) is 47.5 Å². The van der Waals surface area contributed by atoms with Crippen molar-refractivity contribution in [2.45, 2.75) is 65.4 Å². The van der Waals surface area contributed by atoms with Crippen LogP contribution in [-0.4, -0.2) is 11.2 Å². The topological polar surface area (TPSA) is 20.2 Å². The Morgan fingerprint density at radius 2 is 1.92 bits per heavy atom. The van der Waals surface area contributed by atoms with Gasteiger partial charge in [0.1, 0.15) is 6.10 Å². The van der Waals surface area contributed by atoms with Gasteiger partial charge in [-0.1, -0.05) is 67.4 Å². The molecular formula is C23H30O. The van der Waals surface area contributed by atoms with Crippen molar-refractivity contribution in [1.82, 2.24) is 0 Å². The van der Waals surface area contributed by atoms with Crippen LogP contribution in [0.3, 0.4) is 0 Å². The van der Waals surface area contributed by atoms with Crippen molar-refractivity contribution in [3.63, 3.8) is 0 Å². The molecule has 1 heteroatoms. The van der Waals surface area contributed by atoms with Gasteiger partial charge in [-0.05, 0) is 45.2 Å². The molecule has 2 unspecified atom stereocenters. The quantitative estimate of drug-likeness (QED) is 0.408. The lowest BCUT2D eigenvalue weighted by molar-refractivity contribution is 0.185. The third kappa shape index (κ3) is 8.61. The monoisotopic (exact) mass is 322 g/mol. The number of aliphatic hydroxyl groups is 1. The Labute approximate surface area is 148 Å². The summed E-state index contributed by atoms with van der Waals surface area (Å²) in [5, 5.41) is 10.4. The van der Waals surface area contributed by atoms with E-state index in [0.29, 0.717) is 0 Å². The van der Waals surface area contributed by atoms with Crippen molar-refractivity contribution >= 4 is 0 Å². The van der Waals surface area contributed by atoms with E-state index in [2.05, 4.69) is 43.6 Å². The number of unbranched alkanes of at least 4 members (excludes halogenated alkanes) is 3. The molecule has 1 nitrogen and oxygen atoms in total. The summed E-state index contributed by atoms with van der Waals surface area (Å²) >= 11 is 0. The number of hydrogen-bond donors (Lipinski definition) is 1. The maximum Gasteiger partial charge on any atom is 0.128 e. The Bertz CT molecular complexity index is 604. The van der Waals surface area contributed by atoms with E-state index >= 15 is 0 Å². The van der Waals surface area contributed by atoms with Gasteiger partial charge in [-0.2, -0.15) is 0 Å². The molecule has 1 aromatic carbocycles. The van der Waals surface area contributed by atoms with Crippen molar-refractivity contribution in [2.24, 2.45) is 5.92 Å². The first-order chi connectivity index (χ1) is 11.7. The molecule has 0 bridgehead atoms. The Hall–Kier alpha value is -1.96. The normalized spacial score (nSPS) is 13.2. The zero-order chi connectivity index (χ0) is 17.6. The third-order valence-corrected chi connectivity index (χ3v) is 4.05. The molecule has 1 rings (SSSR count). The second-order valence-corrected chi connectivity index (χ2v) is 6.14. The predicted molar refractivity (Wildman–Crippen MR) is 103 cm³/mol. The van der Waals surface area contributed by atoms with Gasteiger partial charge < -0.3 is 5.11 Å². The van der Waals surface area contributed by atoms with Gasteiger partial charge in [-0.15, -0.1) is 5.92 Å². The van der Waals surface area contributed by atoms with E-state index in [1.807, 2.05) is 37.3 Å². The van der Waals surface area contributed by atoms with Gasteiger partial charge in [0.2, 0.25) is 0 Å². The predicted octanol–water partition coefficient (Wildman–Crippen LogP) is 5.35. The van der Waals surface area contributed by atoms with Gasteiger partial charge in [0.05, 0.1) is 5.92 Å². The van der Waals surface area contributed by atoms with E-state index in [1.54, 1.807) is 0 Å². The van der Waals surface area contributed by atoms with E-state index in [1.165, 1.54) is 18.4 Å². The molecule has 0 saturated carbocycles. The van der Waals surface area contributed by atoms with E-state index in [0.717, 1.165) is 31.2 Å². The fraction of sp³-hybridized carbons (Fsp3) is 0.478. The van der Waals surface area contributed by atoms with Crippen LogP contribution in [0.15, 0.2) is 42.0 Å². The Morgan fingerprint density at radius 3 is 2.58 bits per heavy atom. The standard InChI is InChI=1S/C23H30O/c1-4-6-7-8-12-15-23(24)22(18-16-20(3)5-2)19-17-21-13-10-9-11-14-21/h5,9-11,13-14,22-24H,4,6-8,16,18H2,1-3H3/b20-5+. The highest BCUT2D eigenvalue weighted by atomic mass is 16.3. The lowest BCUT2D eigenvalue weighted by Crippen LogP contribution is -2.17. The maximum atomic E-state index is 10.4. The highest BCUT2D eigenvalue weighted by molar-refractivity contribution is 5.34. The van der Waals surface area contributed by atoms with Crippen molar-refractivity contribution in [1.29, 1.82) is 0 Å². The van der Waals surface area contributed by atoms with Crippen LogP contribution in [0.1, 0.15) is 64.9 Å². The first-order valence-corrected chi connectivity index (χ1v) is 9.02. The molecule has 0 heterocycles. The first kappa shape index (κ1) is 20.1. The fourth-order valence-corrected chi connectivity index (χ4v) is 2.27. The lowest BCUT2D eigenvalue weighted by atomic mass is 9.94. The van der Waals surface area contributed by atoms with E-state index in [9.17, 15) is 5.11 Å². The van der Waals surface area contributed by atoms with Gasteiger partial charge in [0.15, 0.2) is 0 Å². The van der Waals surface area contributed by atoms with Gasteiger partial charge in [-0.25, -0.2) is 0 Å². The Kier molecular flexibility index (Phi) is 10.4. The molecule has 0 saturated heterocycles. The Morgan fingerprint density at radius 1 is 1.17 bits per heavy atom. The lowest BCUT2D eigenvalue weighted by Gasteiger charge is -2.13. The molecule has 1 aromatic rings. The number of aliphatic hydroxyl groups excluding tert-OH is 1. The van der Waals surface area contributed by atoms with Crippen LogP contribution in [0.25, 0.3) is 0 Å². The van der Waals surface area contributed by atoms with Crippen LogP contribution in [0, 0.1) is 29.6 Å². The highest BCUT2D eigenvalue weighted by Crippen LogP contribution is 2.15. The molecular weight excluding hydrogens is 292 g/mol. The smallest absolute Gasteiger partial charge is 0.128 e. The molecule has 0 aliphatic heterocycles. The molecule has 0 radical (unpaired) electrons. The van der Waals surface area contributed by atoms with Gasteiger partial charge in [0, 0.05) is 12.0 Å². The average Bonchev–Trinajstić information content (AvgIpc) is 2.62.